The van der Waals surface area contributed by atoms with Crippen molar-refractivity contribution < 1.29 is 23.6 Å². The van der Waals surface area contributed by atoms with Crippen LogP contribution in [0.2, 0.25) is 0 Å². The summed E-state index contributed by atoms with van der Waals surface area (Å²) < 4.78 is 21.9. The fraction of sp³-hybridized carbons (Fsp3) is 0.533. The summed E-state index contributed by atoms with van der Waals surface area (Å²) >= 11 is 1.45. The minimum Gasteiger partial charge on any atom is -0.480 e. The first kappa shape index (κ1) is 21.4. The van der Waals surface area contributed by atoms with Crippen LogP contribution in [0.5, 0.6) is 11.9 Å². The monoisotopic (exact) mass is 389 g/mol. The first-order valence-corrected chi connectivity index (χ1v) is 10.2. The lowest BCUT2D eigenvalue weighted by Gasteiger charge is -2.14. The van der Waals surface area contributed by atoms with Gasteiger partial charge in [-0.3, -0.25) is 9.00 Å². The Balaban J connectivity index is 2.80. The van der Waals surface area contributed by atoms with E-state index in [0.717, 1.165) is 0 Å². The molecule has 10 heteroatoms. The number of ether oxygens (including phenoxy) is 2. The number of aromatic nitrogens is 2. The van der Waals surface area contributed by atoms with E-state index in [1.165, 1.54) is 38.1 Å². The Kier molecular flexibility index (Phi) is 9.46. The number of nitrogens with one attached hydrogen (secondary N) is 1. The van der Waals surface area contributed by atoms with Crippen LogP contribution in [0.1, 0.15) is 11.3 Å². The molecule has 1 aromatic rings. The molecule has 1 unspecified atom stereocenters. The molecule has 0 fully saturated rings. The SMILES string of the molecule is COc1nc(C)c(/C=C/C(=O)N[C@@H](CO)CS(=O)CSC)c(OC)n1. The Morgan fingerprint density at radius 2 is 2.12 bits per heavy atom. The van der Waals surface area contributed by atoms with Crippen molar-refractivity contribution in [2.45, 2.75) is 13.0 Å². The summed E-state index contributed by atoms with van der Waals surface area (Å²) in [4.78, 5) is 20.2. The van der Waals surface area contributed by atoms with Crippen LogP contribution in [0.4, 0.5) is 0 Å². The number of hydrogen-bond donors (Lipinski definition) is 2. The Morgan fingerprint density at radius 3 is 2.68 bits per heavy atom. The number of carbonyl (C=O) groups excluding carboxylic acids is 1. The summed E-state index contributed by atoms with van der Waals surface area (Å²) in [6.45, 7) is 1.46. The summed E-state index contributed by atoms with van der Waals surface area (Å²) in [6.07, 6.45) is 4.66. The van der Waals surface area contributed by atoms with Crippen molar-refractivity contribution in [3.05, 3.63) is 17.3 Å². The Morgan fingerprint density at radius 1 is 1.40 bits per heavy atom. The van der Waals surface area contributed by atoms with Crippen molar-refractivity contribution in [1.29, 1.82) is 0 Å². The predicted molar refractivity (Wildman–Crippen MR) is 99.3 cm³/mol. The largest absolute Gasteiger partial charge is 0.480 e. The summed E-state index contributed by atoms with van der Waals surface area (Å²) in [6, 6.07) is -0.396. The number of amides is 1. The fourth-order valence-electron chi connectivity index (χ4n) is 1.92. The lowest BCUT2D eigenvalue weighted by atomic mass is 10.2. The first-order chi connectivity index (χ1) is 11.9. The van der Waals surface area contributed by atoms with Crippen molar-refractivity contribution in [3.8, 4) is 11.9 Å². The molecule has 1 heterocycles. The van der Waals surface area contributed by atoms with Crippen molar-refractivity contribution in [2.24, 2.45) is 0 Å². The highest BCUT2D eigenvalue weighted by atomic mass is 32.2. The normalized spacial score (nSPS) is 13.5. The molecule has 1 rings (SSSR count). The molecule has 25 heavy (non-hydrogen) atoms. The van der Waals surface area contributed by atoms with Gasteiger partial charge in [0.1, 0.15) is 0 Å². The molecule has 0 aromatic carbocycles. The number of aryl methyl sites for hydroxylation is 1. The average molecular weight is 389 g/mol. The zero-order valence-corrected chi connectivity index (χ0v) is 16.3. The molecule has 0 saturated heterocycles. The Hall–Kier alpha value is -1.65. The van der Waals surface area contributed by atoms with Gasteiger partial charge in [-0.15, -0.1) is 0 Å². The predicted octanol–water partition coefficient (Wildman–Crippen LogP) is 0.362. The van der Waals surface area contributed by atoms with Gasteiger partial charge in [-0.2, -0.15) is 21.7 Å². The zero-order chi connectivity index (χ0) is 18.8. The van der Waals surface area contributed by atoms with Crippen LogP contribution in [0.15, 0.2) is 6.08 Å². The van der Waals surface area contributed by atoms with E-state index in [2.05, 4.69) is 15.3 Å². The maximum atomic E-state index is 12.0. The average Bonchev–Trinajstić information content (AvgIpc) is 2.59. The van der Waals surface area contributed by atoms with Gasteiger partial charge in [0.2, 0.25) is 11.8 Å². The molecule has 1 aromatic heterocycles. The summed E-state index contributed by atoms with van der Waals surface area (Å²) in [5.41, 5.74) is 1.14. The van der Waals surface area contributed by atoms with Crippen molar-refractivity contribution in [1.82, 2.24) is 15.3 Å². The van der Waals surface area contributed by atoms with Crippen molar-refractivity contribution in [2.75, 3.05) is 37.9 Å². The van der Waals surface area contributed by atoms with E-state index in [1.54, 1.807) is 6.92 Å². The van der Waals surface area contributed by atoms with Crippen LogP contribution < -0.4 is 14.8 Å². The minimum absolute atomic E-state index is 0.174. The molecule has 0 radical (unpaired) electrons. The molecule has 140 valence electrons. The Labute approximate surface area is 153 Å². The van der Waals surface area contributed by atoms with Gasteiger partial charge in [0.05, 0.1) is 43.2 Å². The van der Waals surface area contributed by atoms with Crippen molar-refractivity contribution >= 4 is 34.5 Å². The zero-order valence-electron chi connectivity index (χ0n) is 14.6. The number of aliphatic hydroxyl groups excluding tert-OH is 1. The van der Waals surface area contributed by atoms with Crippen LogP contribution in [0, 0.1) is 6.92 Å². The number of carbonyl (C=O) groups is 1. The molecule has 0 spiro atoms. The lowest BCUT2D eigenvalue weighted by Crippen LogP contribution is -2.40. The van der Waals surface area contributed by atoms with Crippen molar-refractivity contribution in [3.63, 3.8) is 0 Å². The molecule has 0 aliphatic rings. The molecular weight excluding hydrogens is 366 g/mol. The van der Waals surface area contributed by atoms with Crippen LogP contribution in [0.3, 0.4) is 0 Å². The second-order valence-electron chi connectivity index (χ2n) is 4.95. The van der Waals surface area contributed by atoms with E-state index in [9.17, 15) is 14.1 Å². The molecule has 0 aliphatic heterocycles. The second-order valence-corrected chi connectivity index (χ2v) is 7.69. The topological polar surface area (TPSA) is 111 Å². The standard InChI is InChI=1S/C15H23N3O5S2/c1-10-12(14(22-2)18-15(16-10)23-3)5-6-13(20)17-11(7-19)8-25(21)9-24-4/h5-6,11,19H,7-9H2,1-4H3,(H,17,20)/b6-5+/t11-,25?/m0/s1. The first-order valence-electron chi connectivity index (χ1n) is 7.35. The molecule has 8 nitrogen and oxygen atoms in total. The van der Waals surface area contributed by atoms with Gasteiger partial charge in [0.15, 0.2) is 0 Å². The van der Waals surface area contributed by atoms with E-state index in [-0.39, 0.29) is 24.3 Å². The molecule has 0 aliphatic carbocycles. The highest BCUT2D eigenvalue weighted by Crippen LogP contribution is 2.22. The van der Waals surface area contributed by atoms with E-state index in [4.69, 9.17) is 9.47 Å². The smallest absolute Gasteiger partial charge is 0.319 e. The maximum absolute atomic E-state index is 12.0. The van der Waals surface area contributed by atoms with Gasteiger partial charge in [-0.1, -0.05) is 0 Å². The summed E-state index contributed by atoms with van der Waals surface area (Å²) in [5, 5.41) is 12.4. The van der Waals surface area contributed by atoms with Gasteiger partial charge < -0.3 is 19.9 Å². The summed E-state index contributed by atoms with van der Waals surface area (Å²) in [5.74, 6) is 0.0657. The van der Waals surface area contributed by atoms with E-state index < -0.39 is 22.7 Å². The number of thioether (sulfide) groups is 1. The number of nitrogens with zero attached hydrogens (tertiary/aromatic N) is 2. The van der Waals surface area contributed by atoms with E-state index in [0.29, 0.717) is 16.3 Å². The number of hydrogen-bond acceptors (Lipinski definition) is 8. The van der Waals surface area contributed by atoms with Gasteiger partial charge >= 0.3 is 6.01 Å². The van der Waals surface area contributed by atoms with Gasteiger partial charge in [-0.05, 0) is 19.3 Å². The van der Waals surface area contributed by atoms with Crippen LogP contribution in [-0.2, 0) is 15.6 Å². The highest BCUT2D eigenvalue weighted by molar-refractivity contribution is 8.09. The van der Waals surface area contributed by atoms with Gasteiger partial charge in [0, 0.05) is 22.6 Å². The maximum Gasteiger partial charge on any atom is 0.319 e. The molecular formula is C15H23N3O5S2. The van der Waals surface area contributed by atoms with E-state index in [1.807, 2.05) is 6.26 Å². The minimum atomic E-state index is -1.11. The quantitative estimate of drug-likeness (QED) is 0.552. The molecule has 0 saturated carbocycles. The third-order valence-electron chi connectivity index (χ3n) is 3.06. The molecule has 0 bridgehead atoms. The molecule has 1 amide bonds. The Bertz CT molecular complexity index is 640. The number of aliphatic hydroxyl groups is 1. The van der Waals surface area contributed by atoms with Crippen LogP contribution >= 0.6 is 11.8 Å². The van der Waals surface area contributed by atoms with Gasteiger partial charge in [0.25, 0.3) is 0 Å². The summed E-state index contributed by atoms with van der Waals surface area (Å²) in [7, 11) is 1.80. The lowest BCUT2D eigenvalue weighted by molar-refractivity contribution is -0.117. The third-order valence-corrected chi connectivity index (χ3v) is 5.83. The molecule has 2 atom stereocenters. The third kappa shape index (κ3) is 7.00. The number of methoxy groups -OCH3 is 2. The van der Waals surface area contributed by atoms with E-state index >= 15 is 0 Å². The number of rotatable bonds is 10. The van der Waals surface area contributed by atoms with Crippen LogP contribution in [-0.4, -0.2) is 69.2 Å². The van der Waals surface area contributed by atoms with Gasteiger partial charge in [-0.25, -0.2) is 0 Å². The fourth-order valence-corrected chi connectivity index (χ4v) is 4.00. The highest BCUT2D eigenvalue weighted by Gasteiger charge is 2.14. The molecule has 2 N–H and O–H groups in total. The second kappa shape index (κ2) is 11.1. The van der Waals surface area contributed by atoms with Crippen LogP contribution in [0.25, 0.3) is 6.08 Å².